The minimum atomic E-state index is -3.14. The minimum Gasteiger partial charge on any atom is -0.491 e. The summed E-state index contributed by atoms with van der Waals surface area (Å²) < 4.78 is 33.6. The highest BCUT2D eigenvalue weighted by Crippen LogP contribution is 2.33. The van der Waals surface area contributed by atoms with Gasteiger partial charge in [-0.1, -0.05) is 13.8 Å². The van der Waals surface area contributed by atoms with E-state index in [1.54, 1.807) is 32.0 Å². The first-order chi connectivity index (χ1) is 15.0. The molecule has 1 aliphatic heterocycles. The number of hydrogen-bond donors (Lipinski definition) is 1. The van der Waals surface area contributed by atoms with E-state index in [1.807, 2.05) is 13.8 Å². The third-order valence-corrected chi connectivity index (χ3v) is 5.22. The van der Waals surface area contributed by atoms with Crippen LogP contribution in [-0.4, -0.2) is 58.6 Å². The third kappa shape index (κ3) is 5.20. The zero-order valence-corrected chi connectivity index (χ0v) is 18.5. The molecule has 2 amide bonds. The SMILES string of the molecule is CC(C)Oc1ccc2nccc(C(=O)NCC(=O)N3CC(F)(F)CC3C(=O)C(C)C)c2c1.[HH]. The van der Waals surface area contributed by atoms with Gasteiger partial charge in [0.1, 0.15) is 5.75 Å². The number of nitrogens with one attached hydrogen (secondary N) is 1. The second-order valence-corrected chi connectivity index (χ2v) is 8.54. The maximum atomic E-state index is 13.9. The Labute approximate surface area is 186 Å². The fourth-order valence-electron chi connectivity index (χ4n) is 3.74. The zero-order chi connectivity index (χ0) is 23.6. The Hall–Kier alpha value is -3.10. The number of fused-ring (bicyclic) bond motifs is 1. The van der Waals surface area contributed by atoms with Crippen LogP contribution in [0.5, 0.6) is 5.75 Å². The number of halogens is 2. The first-order valence-corrected chi connectivity index (χ1v) is 10.5. The Morgan fingerprint density at radius 1 is 1.25 bits per heavy atom. The fourth-order valence-corrected chi connectivity index (χ4v) is 3.74. The highest BCUT2D eigenvalue weighted by Gasteiger charge is 2.49. The van der Waals surface area contributed by atoms with Gasteiger partial charge in [-0.25, -0.2) is 8.78 Å². The lowest BCUT2D eigenvalue weighted by atomic mass is 9.99. The maximum absolute atomic E-state index is 13.9. The lowest BCUT2D eigenvalue weighted by Gasteiger charge is -2.24. The summed E-state index contributed by atoms with van der Waals surface area (Å²) in [4.78, 5) is 42.9. The van der Waals surface area contributed by atoms with Crippen LogP contribution in [0.25, 0.3) is 10.9 Å². The van der Waals surface area contributed by atoms with Gasteiger partial charge in [-0.05, 0) is 38.1 Å². The van der Waals surface area contributed by atoms with E-state index in [2.05, 4.69) is 10.3 Å². The van der Waals surface area contributed by atoms with Crippen LogP contribution in [0.1, 0.15) is 45.9 Å². The molecule has 3 rings (SSSR count). The average molecular weight is 449 g/mol. The molecule has 1 N–H and O–H groups in total. The fraction of sp³-hybridized carbons (Fsp3) is 0.478. The van der Waals surface area contributed by atoms with E-state index < -0.39 is 55.0 Å². The van der Waals surface area contributed by atoms with Crippen LogP contribution in [0.4, 0.5) is 8.78 Å². The average Bonchev–Trinajstić information content (AvgIpc) is 3.05. The second kappa shape index (κ2) is 9.18. The molecule has 1 aliphatic rings. The van der Waals surface area contributed by atoms with Gasteiger partial charge in [0.15, 0.2) is 5.78 Å². The monoisotopic (exact) mass is 449 g/mol. The topological polar surface area (TPSA) is 88.6 Å². The van der Waals surface area contributed by atoms with Gasteiger partial charge in [-0.2, -0.15) is 0 Å². The molecule has 1 unspecified atom stereocenters. The Balaban J connectivity index is 0.00000385. The van der Waals surface area contributed by atoms with Crippen LogP contribution in [0, 0.1) is 5.92 Å². The molecule has 0 aliphatic carbocycles. The van der Waals surface area contributed by atoms with Gasteiger partial charge < -0.3 is 15.0 Å². The molecule has 9 heteroatoms. The molecular formula is C23H29F2N3O4. The number of ketones is 1. The van der Waals surface area contributed by atoms with E-state index in [0.717, 1.165) is 4.90 Å². The Bertz CT molecular complexity index is 1050. The number of rotatable bonds is 7. The lowest BCUT2D eigenvalue weighted by molar-refractivity contribution is -0.138. The second-order valence-electron chi connectivity index (χ2n) is 8.54. The van der Waals surface area contributed by atoms with Crippen molar-refractivity contribution in [2.45, 2.75) is 52.2 Å². The van der Waals surface area contributed by atoms with Crippen LogP contribution in [-0.2, 0) is 9.59 Å². The quantitative estimate of drug-likeness (QED) is 0.699. The standard InChI is InChI=1S/C23H27F2N3O4.H2/c1-13(2)21(30)19-10-23(24,25)12-28(19)20(29)11-27-22(31)16-7-8-26-18-6-5-15(9-17(16)18)32-14(3)4;/h5-9,13-14,19H,10-12H2,1-4H3,(H,27,31);1H. The Morgan fingerprint density at radius 3 is 2.62 bits per heavy atom. The summed E-state index contributed by atoms with van der Waals surface area (Å²) in [6.45, 7) is 5.64. The van der Waals surface area contributed by atoms with Crippen LogP contribution >= 0.6 is 0 Å². The molecule has 1 saturated heterocycles. The molecule has 174 valence electrons. The van der Waals surface area contributed by atoms with Crippen LogP contribution in [0.15, 0.2) is 30.5 Å². The summed E-state index contributed by atoms with van der Waals surface area (Å²) in [6.07, 6.45) is 0.719. The van der Waals surface area contributed by atoms with Gasteiger partial charge >= 0.3 is 0 Å². The lowest BCUT2D eigenvalue weighted by Crippen LogP contribution is -2.46. The summed E-state index contributed by atoms with van der Waals surface area (Å²) in [5.74, 6) is -4.74. The van der Waals surface area contributed by atoms with E-state index in [1.165, 1.54) is 12.3 Å². The van der Waals surface area contributed by atoms with Gasteiger partial charge in [-0.15, -0.1) is 0 Å². The Morgan fingerprint density at radius 2 is 1.97 bits per heavy atom. The van der Waals surface area contributed by atoms with Crippen molar-refractivity contribution in [3.05, 3.63) is 36.0 Å². The van der Waals surface area contributed by atoms with Crippen molar-refractivity contribution in [2.75, 3.05) is 13.1 Å². The van der Waals surface area contributed by atoms with Crippen LogP contribution < -0.4 is 10.1 Å². The summed E-state index contributed by atoms with van der Waals surface area (Å²) in [7, 11) is 0. The zero-order valence-electron chi connectivity index (χ0n) is 18.5. The number of nitrogens with zero attached hydrogens (tertiary/aromatic N) is 2. The van der Waals surface area contributed by atoms with E-state index in [0.29, 0.717) is 16.7 Å². The van der Waals surface area contributed by atoms with Gasteiger partial charge in [0, 0.05) is 25.3 Å². The first kappa shape index (κ1) is 23.6. The van der Waals surface area contributed by atoms with Gasteiger partial charge in [0.25, 0.3) is 11.8 Å². The van der Waals surface area contributed by atoms with E-state index in [9.17, 15) is 23.2 Å². The maximum Gasteiger partial charge on any atom is 0.267 e. The van der Waals surface area contributed by atoms with Crippen molar-refractivity contribution < 1.29 is 29.3 Å². The van der Waals surface area contributed by atoms with Crippen molar-refractivity contribution in [2.24, 2.45) is 5.92 Å². The first-order valence-electron chi connectivity index (χ1n) is 10.5. The molecule has 0 radical (unpaired) electrons. The molecule has 7 nitrogen and oxygen atoms in total. The number of pyridine rings is 1. The summed E-state index contributed by atoms with van der Waals surface area (Å²) in [6, 6.07) is 5.49. The Kier molecular flexibility index (Phi) is 6.76. The highest BCUT2D eigenvalue weighted by molar-refractivity contribution is 6.07. The number of amides is 2. The predicted octanol–water partition coefficient (Wildman–Crippen LogP) is 3.46. The summed E-state index contributed by atoms with van der Waals surface area (Å²) in [5, 5.41) is 3.03. The van der Waals surface area contributed by atoms with Gasteiger partial charge in [0.2, 0.25) is 5.91 Å². The molecule has 1 fully saturated rings. The number of aromatic nitrogens is 1. The number of carbonyl (C=O) groups excluding carboxylic acids is 3. The molecule has 0 saturated carbocycles. The van der Waals surface area contributed by atoms with Crippen molar-refractivity contribution in [1.29, 1.82) is 0 Å². The molecule has 1 aromatic heterocycles. The highest BCUT2D eigenvalue weighted by atomic mass is 19.3. The number of ether oxygens (including phenoxy) is 1. The smallest absolute Gasteiger partial charge is 0.267 e. The number of carbonyl (C=O) groups is 3. The van der Waals surface area contributed by atoms with E-state index in [-0.39, 0.29) is 13.1 Å². The number of likely N-dealkylation sites (tertiary alicyclic amines) is 1. The van der Waals surface area contributed by atoms with Crippen LogP contribution in [0.2, 0.25) is 0 Å². The van der Waals surface area contributed by atoms with Crippen molar-refractivity contribution >= 4 is 28.5 Å². The minimum absolute atomic E-state index is 0. The summed E-state index contributed by atoms with van der Waals surface area (Å²) >= 11 is 0. The molecule has 0 spiro atoms. The van der Waals surface area contributed by atoms with E-state index in [4.69, 9.17) is 4.74 Å². The molecule has 0 bridgehead atoms. The van der Waals surface area contributed by atoms with Crippen molar-refractivity contribution in [3.63, 3.8) is 0 Å². The van der Waals surface area contributed by atoms with Gasteiger partial charge in [0.05, 0.1) is 36.3 Å². The number of Topliss-reactive ketones (excluding diaryl/α,β-unsaturated/α-hetero) is 1. The molecule has 32 heavy (non-hydrogen) atoms. The largest absolute Gasteiger partial charge is 0.491 e. The normalized spacial score (nSPS) is 17.8. The number of alkyl halides is 2. The molecule has 1 aromatic carbocycles. The molecule has 2 heterocycles. The number of benzene rings is 1. The summed E-state index contributed by atoms with van der Waals surface area (Å²) in [5.41, 5.74) is 0.848. The molecule has 2 aromatic rings. The van der Waals surface area contributed by atoms with Crippen molar-refractivity contribution in [1.82, 2.24) is 15.2 Å². The molecular weight excluding hydrogens is 420 g/mol. The van der Waals surface area contributed by atoms with Crippen molar-refractivity contribution in [3.8, 4) is 5.75 Å². The third-order valence-electron chi connectivity index (χ3n) is 5.22. The van der Waals surface area contributed by atoms with E-state index >= 15 is 0 Å². The predicted molar refractivity (Wildman–Crippen MR) is 117 cm³/mol. The van der Waals surface area contributed by atoms with Gasteiger partial charge in [-0.3, -0.25) is 19.4 Å². The molecule has 1 atom stereocenters. The number of hydrogen-bond acceptors (Lipinski definition) is 5. The van der Waals surface area contributed by atoms with Crippen LogP contribution in [0.3, 0.4) is 0 Å².